The molecule has 0 rings (SSSR count). The minimum Gasteiger partial charge on any atom is -0.748 e. The molecule has 0 heterocycles. The number of hydrogen-bond donors (Lipinski definition) is 0. The summed E-state index contributed by atoms with van der Waals surface area (Å²) in [5.74, 6) is -1.06. The van der Waals surface area contributed by atoms with Crippen LogP contribution in [0.3, 0.4) is 0 Å². The number of rotatable bonds is 18. The van der Waals surface area contributed by atoms with Crippen molar-refractivity contribution in [3.8, 4) is 0 Å². The third-order valence-electron chi connectivity index (χ3n) is 4.33. The fourth-order valence-electron chi connectivity index (χ4n) is 2.79. The fourth-order valence-corrected chi connectivity index (χ4v) is 3.08. The summed E-state index contributed by atoms with van der Waals surface area (Å²) in [5, 5.41) is 0. The van der Waals surface area contributed by atoms with Crippen LogP contribution in [0.4, 0.5) is 0 Å². The molecule has 0 saturated carbocycles. The summed E-state index contributed by atoms with van der Waals surface area (Å²) >= 11 is 0. The van der Waals surface area contributed by atoms with Gasteiger partial charge in [0.25, 0.3) is 0 Å². The van der Waals surface area contributed by atoms with Crippen molar-refractivity contribution in [1.82, 2.24) is 0 Å². The molecular formula is C19H37NaO5S. The summed E-state index contributed by atoms with van der Waals surface area (Å²) in [4.78, 5) is 11.3. The summed E-state index contributed by atoms with van der Waals surface area (Å²) in [7, 11) is -4.30. The smallest absolute Gasteiger partial charge is 0.748 e. The molecule has 0 aromatic rings. The van der Waals surface area contributed by atoms with Gasteiger partial charge in [-0.25, -0.2) is 8.42 Å². The Balaban J connectivity index is 0. The molecule has 0 bridgehead atoms. The van der Waals surface area contributed by atoms with Gasteiger partial charge in [0.15, 0.2) is 0 Å². The molecule has 0 aromatic heterocycles. The Morgan fingerprint density at radius 2 is 1.15 bits per heavy atom. The molecule has 0 radical (unpaired) electrons. The zero-order valence-corrected chi connectivity index (χ0v) is 19.8. The van der Waals surface area contributed by atoms with Gasteiger partial charge in [-0.2, -0.15) is 0 Å². The molecule has 0 unspecified atom stereocenters. The van der Waals surface area contributed by atoms with Gasteiger partial charge in [-0.3, -0.25) is 4.79 Å². The average molecular weight is 401 g/mol. The fraction of sp³-hybridized carbons (Fsp3) is 0.947. The molecule has 7 heteroatoms. The van der Waals surface area contributed by atoms with E-state index in [1.165, 1.54) is 70.6 Å². The quantitative estimate of drug-likeness (QED) is 0.152. The summed E-state index contributed by atoms with van der Waals surface area (Å²) in [6, 6.07) is 0. The van der Waals surface area contributed by atoms with Crippen LogP contribution in [-0.2, 0) is 19.6 Å². The third-order valence-corrected chi connectivity index (χ3v) is 5.00. The van der Waals surface area contributed by atoms with Crippen LogP contribution in [-0.4, -0.2) is 31.3 Å². The average Bonchev–Trinajstić information content (AvgIpc) is 2.54. The van der Waals surface area contributed by atoms with Gasteiger partial charge >= 0.3 is 35.5 Å². The van der Waals surface area contributed by atoms with E-state index in [4.69, 9.17) is 4.74 Å². The van der Waals surface area contributed by atoms with Gasteiger partial charge in [-0.1, -0.05) is 90.4 Å². The first-order valence-corrected chi connectivity index (χ1v) is 11.6. The number of carbonyl (C=O) groups excluding carboxylic acids is 1. The molecule has 0 N–H and O–H groups in total. The maximum atomic E-state index is 11.3. The van der Waals surface area contributed by atoms with Gasteiger partial charge < -0.3 is 9.29 Å². The normalized spacial score (nSPS) is 11.2. The van der Waals surface area contributed by atoms with Crippen molar-refractivity contribution in [1.29, 1.82) is 0 Å². The minimum absolute atomic E-state index is 0. The van der Waals surface area contributed by atoms with Gasteiger partial charge in [-0.15, -0.1) is 0 Å². The van der Waals surface area contributed by atoms with Crippen molar-refractivity contribution in [3.63, 3.8) is 0 Å². The maximum Gasteiger partial charge on any atom is 1.00 e. The second-order valence-corrected chi connectivity index (χ2v) is 8.35. The van der Waals surface area contributed by atoms with E-state index < -0.39 is 21.8 Å². The van der Waals surface area contributed by atoms with Gasteiger partial charge in [0.05, 0.1) is 15.9 Å². The van der Waals surface area contributed by atoms with E-state index in [0.29, 0.717) is 6.42 Å². The Bertz CT molecular complexity index is 412. The molecular weight excluding hydrogens is 363 g/mol. The third kappa shape index (κ3) is 24.4. The van der Waals surface area contributed by atoms with E-state index in [0.717, 1.165) is 19.3 Å². The second-order valence-electron chi connectivity index (χ2n) is 6.83. The molecule has 0 fully saturated rings. The van der Waals surface area contributed by atoms with Crippen molar-refractivity contribution in [2.45, 2.75) is 103 Å². The molecule has 0 aliphatic heterocycles. The van der Waals surface area contributed by atoms with Crippen molar-refractivity contribution in [2.75, 3.05) is 12.4 Å². The van der Waals surface area contributed by atoms with Crippen molar-refractivity contribution in [2.24, 2.45) is 0 Å². The van der Waals surface area contributed by atoms with E-state index in [-0.39, 0.29) is 36.2 Å². The van der Waals surface area contributed by atoms with Crippen LogP contribution in [0.15, 0.2) is 0 Å². The molecule has 0 saturated heterocycles. The van der Waals surface area contributed by atoms with Crippen LogP contribution in [0.25, 0.3) is 0 Å². The van der Waals surface area contributed by atoms with E-state index >= 15 is 0 Å². The Kier molecular flexibility index (Phi) is 22.1. The molecule has 0 aromatic carbocycles. The van der Waals surface area contributed by atoms with Crippen LogP contribution in [0.1, 0.15) is 103 Å². The molecule has 0 aliphatic rings. The van der Waals surface area contributed by atoms with Gasteiger partial charge in [0, 0.05) is 6.42 Å². The van der Waals surface area contributed by atoms with Crippen LogP contribution < -0.4 is 29.6 Å². The summed E-state index contributed by atoms with van der Waals surface area (Å²) in [5.41, 5.74) is 0. The number of hydrogen-bond acceptors (Lipinski definition) is 5. The molecule has 26 heavy (non-hydrogen) atoms. The SMILES string of the molecule is CCCCCCCCCCCCCCCCC(=O)OCCS(=O)(=O)[O-].[Na+]. The number of carbonyl (C=O) groups is 1. The summed E-state index contributed by atoms with van der Waals surface area (Å²) in [6.07, 6.45) is 17.9. The largest absolute Gasteiger partial charge is 1.00 e. The molecule has 0 atom stereocenters. The van der Waals surface area contributed by atoms with Crippen LogP contribution in [0.5, 0.6) is 0 Å². The molecule has 150 valence electrons. The Morgan fingerprint density at radius 1 is 0.769 bits per heavy atom. The molecule has 5 nitrogen and oxygen atoms in total. The van der Waals surface area contributed by atoms with Crippen molar-refractivity contribution in [3.05, 3.63) is 0 Å². The van der Waals surface area contributed by atoms with Gasteiger partial charge in [0.2, 0.25) is 0 Å². The van der Waals surface area contributed by atoms with E-state index in [9.17, 15) is 17.8 Å². The Labute approximate surface area is 183 Å². The number of ether oxygens (including phenoxy) is 1. The van der Waals surface area contributed by atoms with Crippen molar-refractivity contribution >= 4 is 16.1 Å². The topological polar surface area (TPSA) is 83.5 Å². The van der Waals surface area contributed by atoms with E-state index in [1.807, 2.05) is 0 Å². The summed E-state index contributed by atoms with van der Waals surface area (Å²) < 4.78 is 35.8. The standard InChI is InChI=1S/C19H38O5S.Na/c1-2-3-4-5-6-7-8-9-10-11-12-13-14-15-16-19(20)24-17-18-25(21,22)23;/h2-18H2,1H3,(H,21,22,23);/q;+1/p-1. The predicted molar refractivity (Wildman–Crippen MR) is 100 cm³/mol. The first kappa shape index (κ1) is 28.6. The van der Waals surface area contributed by atoms with E-state index in [1.54, 1.807) is 0 Å². The Morgan fingerprint density at radius 3 is 1.54 bits per heavy atom. The molecule has 0 aliphatic carbocycles. The van der Waals surface area contributed by atoms with Gasteiger partial charge in [-0.05, 0) is 6.42 Å². The van der Waals surface area contributed by atoms with Crippen molar-refractivity contribution < 1.29 is 52.1 Å². The number of esters is 1. The monoisotopic (exact) mass is 400 g/mol. The van der Waals surface area contributed by atoms with Crippen LogP contribution in [0.2, 0.25) is 0 Å². The van der Waals surface area contributed by atoms with Crippen LogP contribution in [0, 0.1) is 0 Å². The first-order chi connectivity index (χ1) is 12.0. The predicted octanol–water partition coefficient (Wildman–Crippen LogP) is 1.95. The Hall–Kier alpha value is 0.380. The van der Waals surface area contributed by atoms with E-state index in [2.05, 4.69) is 6.92 Å². The minimum atomic E-state index is -4.30. The second kappa shape index (κ2) is 20.1. The van der Waals surface area contributed by atoms with Gasteiger partial charge in [0.1, 0.15) is 6.61 Å². The number of unbranched alkanes of at least 4 members (excludes halogenated alkanes) is 13. The first-order valence-electron chi connectivity index (χ1n) is 10.0. The molecule has 0 spiro atoms. The van der Waals surface area contributed by atoms with Crippen LogP contribution >= 0.6 is 0 Å². The zero-order valence-electron chi connectivity index (χ0n) is 17.0. The molecule has 0 amide bonds. The summed E-state index contributed by atoms with van der Waals surface area (Å²) in [6.45, 7) is 1.92. The zero-order chi connectivity index (χ0) is 18.8. The maximum absolute atomic E-state index is 11.3.